The van der Waals surface area contributed by atoms with Crippen molar-refractivity contribution in [1.82, 2.24) is 4.90 Å². The number of hydrogen-bond donors (Lipinski definition) is 1. The molecule has 0 saturated carbocycles. The van der Waals surface area contributed by atoms with Crippen LogP contribution in [0.5, 0.6) is 0 Å². The molecule has 1 heterocycles. The van der Waals surface area contributed by atoms with Crippen LogP contribution in [0.1, 0.15) is 39.5 Å². The maximum atomic E-state index is 11.7. The Morgan fingerprint density at radius 1 is 1.32 bits per heavy atom. The Morgan fingerprint density at radius 2 is 1.95 bits per heavy atom. The third-order valence-electron chi connectivity index (χ3n) is 3.46. The number of esters is 1. The van der Waals surface area contributed by atoms with Crippen molar-refractivity contribution < 1.29 is 9.53 Å². The summed E-state index contributed by atoms with van der Waals surface area (Å²) in [6.45, 7) is 8.58. The van der Waals surface area contributed by atoms with Crippen molar-refractivity contribution in [2.75, 3.05) is 32.8 Å². The van der Waals surface area contributed by atoms with E-state index in [1.165, 1.54) is 12.8 Å². The normalized spacial score (nSPS) is 17.3. The van der Waals surface area contributed by atoms with Crippen LogP contribution in [-0.4, -0.2) is 43.7 Å². The van der Waals surface area contributed by atoms with Crippen molar-refractivity contribution in [1.29, 1.82) is 0 Å². The van der Waals surface area contributed by atoms with Gasteiger partial charge in [0.15, 0.2) is 0 Å². The second-order valence-corrected chi connectivity index (χ2v) is 5.70. The summed E-state index contributed by atoms with van der Waals surface area (Å²) < 4.78 is 5.28. The van der Waals surface area contributed by atoms with E-state index in [0.717, 1.165) is 26.1 Å². The summed E-state index contributed by atoms with van der Waals surface area (Å²) in [4.78, 5) is 14.0. The van der Waals surface area contributed by atoms with Crippen molar-refractivity contribution >= 4 is 18.4 Å². The first kappa shape index (κ1) is 18.7. The van der Waals surface area contributed by atoms with Crippen molar-refractivity contribution in [3.63, 3.8) is 0 Å². The lowest BCUT2D eigenvalue weighted by molar-refractivity contribution is -0.145. The quantitative estimate of drug-likeness (QED) is 0.696. The predicted molar refractivity (Wildman–Crippen MR) is 80.5 cm³/mol. The molecule has 4 nitrogen and oxygen atoms in total. The summed E-state index contributed by atoms with van der Waals surface area (Å²) in [7, 11) is 0. The van der Waals surface area contributed by atoms with Crippen LogP contribution in [0.4, 0.5) is 0 Å². The highest BCUT2D eigenvalue weighted by atomic mass is 35.5. The van der Waals surface area contributed by atoms with Crippen molar-refractivity contribution in [2.45, 2.75) is 39.5 Å². The Labute approximate surface area is 123 Å². The van der Waals surface area contributed by atoms with Gasteiger partial charge in [-0.3, -0.25) is 9.69 Å². The summed E-state index contributed by atoms with van der Waals surface area (Å²) in [5.74, 6) is 0.755. The van der Waals surface area contributed by atoms with Gasteiger partial charge in [-0.2, -0.15) is 0 Å². The zero-order valence-corrected chi connectivity index (χ0v) is 13.1. The molecule has 5 heteroatoms. The number of nitrogens with zero attached hydrogens (tertiary/aromatic N) is 1. The fourth-order valence-corrected chi connectivity index (χ4v) is 2.52. The number of ether oxygens (including phenoxy) is 1. The van der Waals surface area contributed by atoms with E-state index in [1.54, 1.807) is 0 Å². The second-order valence-electron chi connectivity index (χ2n) is 5.70. The smallest absolute Gasteiger partial charge is 0.306 e. The summed E-state index contributed by atoms with van der Waals surface area (Å²) in [6.07, 6.45) is 4.02. The molecular formula is C14H29ClN2O2. The van der Waals surface area contributed by atoms with E-state index in [9.17, 15) is 4.79 Å². The van der Waals surface area contributed by atoms with Gasteiger partial charge in [-0.05, 0) is 50.7 Å². The van der Waals surface area contributed by atoms with Gasteiger partial charge in [0.25, 0.3) is 0 Å². The fraction of sp³-hybridized carbons (Fsp3) is 0.929. The lowest BCUT2D eigenvalue weighted by atomic mass is 9.94. The van der Waals surface area contributed by atoms with Crippen molar-refractivity contribution in [3.8, 4) is 0 Å². The van der Waals surface area contributed by atoms with E-state index in [4.69, 9.17) is 10.5 Å². The lowest BCUT2D eigenvalue weighted by Gasteiger charge is -2.17. The molecular weight excluding hydrogens is 264 g/mol. The molecule has 0 radical (unpaired) electrons. The topological polar surface area (TPSA) is 55.6 Å². The molecule has 0 aromatic carbocycles. The molecule has 0 aromatic heterocycles. The van der Waals surface area contributed by atoms with Gasteiger partial charge in [0.05, 0.1) is 0 Å². The Morgan fingerprint density at radius 3 is 2.47 bits per heavy atom. The standard InChI is InChI=1S/C14H28N2O2.ClH/c1-12(2)9-13(11-15)10-14(17)18-8-7-16-5-3-4-6-16;/h12-13H,3-11,15H2,1-2H3;1H/t13-;/m0./s1. The number of carbonyl (C=O) groups is 1. The zero-order chi connectivity index (χ0) is 13.4. The van der Waals surface area contributed by atoms with Crippen LogP contribution in [0.25, 0.3) is 0 Å². The van der Waals surface area contributed by atoms with E-state index < -0.39 is 0 Å². The van der Waals surface area contributed by atoms with E-state index in [0.29, 0.717) is 25.5 Å². The third kappa shape index (κ3) is 8.45. The Bertz CT molecular complexity index is 244. The Kier molecular flexibility index (Phi) is 10.3. The van der Waals surface area contributed by atoms with Crippen LogP contribution in [0.3, 0.4) is 0 Å². The maximum Gasteiger partial charge on any atom is 0.306 e. The first-order valence-electron chi connectivity index (χ1n) is 7.20. The number of rotatable bonds is 8. The molecule has 0 aliphatic carbocycles. The van der Waals surface area contributed by atoms with Gasteiger partial charge in [-0.15, -0.1) is 12.4 Å². The molecule has 1 atom stereocenters. The van der Waals surface area contributed by atoms with Crippen LogP contribution in [-0.2, 0) is 9.53 Å². The molecule has 0 unspecified atom stereocenters. The molecule has 0 amide bonds. The Hall–Kier alpha value is -0.320. The SMILES string of the molecule is CC(C)C[C@H](CN)CC(=O)OCCN1CCCC1.Cl. The fourth-order valence-electron chi connectivity index (χ4n) is 2.52. The minimum atomic E-state index is -0.0923. The highest BCUT2D eigenvalue weighted by Gasteiger charge is 2.16. The van der Waals surface area contributed by atoms with Crippen LogP contribution in [0, 0.1) is 11.8 Å². The third-order valence-corrected chi connectivity index (χ3v) is 3.46. The van der Waals surface area contributed by atoms with Crippen LogP contribution >= 0.6 is 12.4 Å². The highest BCUT2D eigenvalue weighted by Crippen LogP contribution is 2.15. The first-order chi connectivity index (χ1) is 8.61. The summed E-state index contributed by atoms with van der Waals surface area (Å²) >= 11 is 0. The number of nitrogens with two attached hydrogens (primary N) is 1. The van der Waals surface area contributed by atoms with Gasteiger partial charge < -0.3 is 10.5 Å². The van der Waals surface area contributed by atoms with E-state index in [-0.39, 0.29) is 24.3 Å². The molecule has 1 fully saturated rings. The summed E-state index contributed by atoms with van der Waals surface area (Å²) in [5.41, 5.74) is 5.68. The van der Waals surface area contributed by atoms with E-state index in [2.05, 4.69) is 18.7 Å². The van der Waals surface area contributed by atoms with Crippen LogP contribution in [0.15, 0.2) is 0 Å². The number of hydrogen-bond acceptors (Lipinski definition) is 4. The van der Waals surface area contributed by atoms with E-state index >= 15 is 0 Å². The number of carbonyl (C=O) groups excluding carboxylic acids is 1. The van der Waals surface area contributed by atoms with Crippen LogP contribution in [0.2, 0.25) is 0 Å². The molecule has 0 spiro atoms. The average molecular weight is 293 g/mol. The number of halogens is 1. The minimum Gasteiger partial charge on any atom is -0.464 e. The van der Waals surface area contributed by atoms with Gasteiger partial charge in [-0.1, -0.05) is 13.8 Å². The highest BCUT2D eigenvalue weighted by molar-refractivity contribution is 5.85. The molecule has 114 valence electrons. The van der Waals surface area contributed by atoms with Gasteiger partial charge in [-0.25, -0.2) is 0 Å². The van der Waals surface area contributed by atoms with Gasteiger partial charge in [0.2, 0.25) is 0 Å². The molecule has 1 rings (SSSR count). The molecule has 1 aliphatic rings. The molecule has 1 saturated heterocycles. The molecule has 2 N–H and O–H groups in total. The van der Waals surface area contributed by atoms with Gasteiger partial charge in [0, 0.05) is 13.0 Å². The van der Waals surface area contributed by atoms with Crippen molar-refractivity contribution in [3.05, 3.63) is 0 Å². The minimum absolute atomic E-state index is 0. The number of likely N-dealkylation sites (tertiary alicyclic amines) is 1. The lowest BCUT2D eigenvalue weighted by Crippen LogP contribution is -2.26. The molecule has 0 bridgehead atoms. The largest absolute Gasteiger partial charge is 0.464 e. The first-order valence-corrected chi connectivity index (χ1v) is 7.20. The zero-order valence-electron chi connectivity index (χ0n) is 12.3. The molecule has 19 heavy (non-hydrogen) atoms. The van der Waals surface area contributed by atoms with Gasteiger partial charge in [0.1, 0.15) is 6.61 Å². The average Bonchev–Trinajstić information content (AvgIpc) is 2.80. The maximum absolute atomic E-state index is 11.7. The molecule has 0 aromatic rings. The van der Waals surface area contributed by atoms with E-state index in [1.807, 2.05) is 0 Å². The monoisotopic (exact) mass is 292 g/mol. The van der Waals surface area contributed by atoms with Crippen LogP contribution < -0.4 is 5.73 Å². The summed E-state index contributed by atoms with van der Waals surface area (Å²) in [6, 6.07) is 0. The van der Waals surface area contributed by atoms with Gasteiger partial charge >= 0.3 is 5.97 Å². The summed E-state index contributed by atoms with van der Waals surface area (Å²) in [5, 5.41) is 0. The Balaban J connectivity index is 0.00000324. The predicted octanol–water partition coefficient (Wildman–Crippen LogP) is 2.06. The molecule has 1 aliphatic heterocycles. The van der Waals surface area contributed by atoms with Crippen molar-refractivity contribution in [2.24, 2.45) is 17.6 Å². The second kappa shape index (κ2) is 10.5.